The molecule has 0 aliphatic rings. The van der Waals surface area contributed by atoms with Crippen LogP contribution in [0, 0.1) is 0 Å². The van der Waals surface area contributed by atoms with Crippen molar-refractivity contribution in [2.45, 2.75) is 34.6 Å². The van der Waals surface area contributed by atoms with E-state index in [4.69, 9.17) is 0 Å². The highest BCUT2D eigenvalue weighted by atomic mass is 16.5. The van der Waals surface area contributed by atoms with E-state index in [-0.39, 0.29) is 29.6 Å². The van der Waals surface area contributed by atoms with Crippen LogP contribution in [0.4, 0.5) is 4.79 Å². The topological polar surface area (TPSA) is 152 Å². The van der Waals surface area contributed by atoms with E-state index in [1.54, 1.807) is 42.4 Å². The number of amides is 4. The Hall–Kier alpha value is -2.69. The molecule has 0 spiro atoms. The summed E-state index contributed by atoms with van der Waals surface area (Å²) in [6, 6.07) is -0.157. The van der Waals surface area contributed by atoms with Crippen molar-refractivity contribution in [2.24, 2.45) is 0 Å². The van der Waals surface area contributed by atoms with Crippen LogP contribution in [0.25, 0.3) is 0 Å². The highest BCUT2D eigenvalue weighted by Gasteiger charge is 1.81. The number of Topliss-reactive ketones (excluding diaryl/α,β-unsaturated/α-hetero) is 1. The monoisotopic (exact) mass is 412 g/mol. The highest BCUT2D eigenvalue weighted by molar-refractivity contribution is 5.73. The number of carbonyl (C=O) groups excluding carboxylic acids is 5. The maximum atomic E-state index is 9.96. The number of methoxy groups -OCH3 is 2. The molecule has 0 aromatic rings. The molecule has 0 aromatic heterocycles. The van der Waals surface area contributed by atoms with Crippen molar-refractivity contribution in [3.8, 4) is 0 Å². The first-order valence-electron chi connectivity index (χ1n) is 7.95. The predicted molar refractivity (Wildman–Crippen MR) is 110 cm³/mol. The maximum Gasteiger partial charge on any atom is 0.314 e. The molecule has 4 amide bonds. The Morgan fingerprint density at radius 1 is 0.571 bits per heavy atom. The highest BCUT2D eigenvalue weighted by Crippen LogP contribution is 1.60. The number of urea groups is 1. The van der Waals surface area contributed by atoms with Crippen LogP contribution in [0.5, 0.6) is 0 Å². The molecule has 0 saturated heterocycles. The lowest BCUT2D eigenvalue weighted by Gasteiger charge is -1.91. The smallest absolute Gasteiger partial charge is 0.314 e. The van der Waals surface area contributed by atoms with Gasteiger partial charge in [0.05, 0.1) is 7.11 Å². The minimum absolute atomic E-state index is 0.00463. The minimum Gasteiger partial charge on any atom is -0.469 e. The van der Waals surface area contributed by atoms with Gasteiger partial charge in [-0.2, -0.15) is 0 Å². The fourth-order valence-corrected chi connectivity index (χ4v) is 0.125. The largest absolute Gasteiger partial charge is 0.469 e. The summed E-state index contributed by atoms with van der Waals surface area (Å²) < 4.78 is 8.36. The van der Waals surface area contributed by atoms with Crippen molar-refractivity contribution in [1.82, 2.24) is 21.3 Å². The normalized spacial score (nSPS) is 6.71. The third-order valence-electron chi connectivity index (χ3n) is 1.45. The molecule has 0 saturated carbocycles. The second kappa shape index (κ2) is 39.4. The molecule has 0 fully saturated rings. The molecular formula is C17H40N4O7. The molecular weight excluding hydrogens is 372 g/mol. The first-order chi connectivity index (χ1) is 12.8. The summed E-state index contributed by atoms with van der Waals surface area (Å²) in [6.45, 7) is 7.36. The fourth-order valence-electron chi connectivity index (χ4n) is 0.125. The van der Waals surface area contributed by atoms with E-state index >= 15 is 0 Å². The molecule has 0 aliphatic heterocycles. The first kappa shape index (κ1) is 40.1. The third-order valence-corrected chi connectivity index (χ3v) is 1.45. The Bertz CT molecular complexity index is 346. The SMILES string of the molecule is CC(C)=O.CNC(=O)NC.CNC(C)=O.CNC(C)=O.COC.COC(C)=O. The van der Waals surface area contributed by atoms with Gasteiger partial charge >= 0.3 is 12.0 Å². The van der Waals surface area contributed by atoms with Crippen LogP contribution in [0.1, 0.15) is 34.6 Å². The van der Waals surface area contributed by atoms with Crippen molar-refractivity contribution in [3.63, 3.8) is 0 Å². The molecule has 0 radical (unpaired) electrons. The summed E-state index contributed by atoms with van der Waals surface area (Å²) in [6.07, 6.45) is 0. The summed E-state index contributed by atoms with van der Waals surface area (Å²) in [5.41, 5.74) is 0. The van der Waals surface area contributed by atoms with E-state index in [0.29, 0.717) is 0 Å². The molecule has 11 heteroatoms. The Balaban J connectivity index is -0.0000000525. The van der Waals surface area contributed by atoms with Gasteiger partial charge in [0.1, 0.15) is 5.78 Å². The number of rotatable bonds is 0. The third kappa shape index (κ3) is 217. The van der Waals surface area contributed by atoms with Gasteiger partial charge < -0.3 is 35.5 Å². The van der Waals surface area contributed by atoms with Crippen molar-refractivity contribution in [3.05, 3.63) is 0 Å². The second-order valence-corrected chi connectivity index (χ2v) is 4.45. The van der Waals surface area contributed by atoms with E-state index < -0.39 is 0 Å². The van der Waals surface area contributed by atoms with Gasteiger partial charge in [-0.25, -0.2) is 4.79 Å². The predicted octanol–water partition coefficient (Wildman–Crippen LogP) is 0.0870. The number of hydrogen-bond acceptors (Lipinski definition) is 7. The molecule has 0 aromatic carbocycles. The van der Waals surface area contributed by atoms with E-state index in [9.17, 15) is 24.0 Å². The molecule has 0 atom stereocenters. The van der Waals surface area contributed by atoms with Gasteiger partial charge in [0, 0.05) is 63.2 Å². The Morgan fingerprint density at radius 2 is 0.714 bits per heavy atom. The molecule has 0 rings (SSSR count). The van der Waals surface area contributed by atoms with Gasteiger partial charge in [-0.1, -0.05) is 0 Å². The average Bonchev–Trinajstić information content (AvgIpc) is 2.62. The minimum atomic E-state index is -0.245. The Labute approximate surface area is 169 Å². The van der Waals surface area contributed by atoms with Gasteiger partial charge in [0.2, 0.25) is 11.8 Å². The van der Waals surface area contributed by atoms with Gasteiger partial charge in [-0.3, -0.25) is 14.4 Å². The van der Waals surface area contributed by atoms with Crippen LogP contribution < -0.4 is 21.3 Å². The molecule has 0 unspecified atom stereocenters. The molecule has 4 N–H and O–H groups in total. The van der Waals surface area contributed by atoms with Crippen molar-refractivity contribution >= 4 is 29.6 Å². The maximum absolute atomic E-state index is 9.96. The fraction of sp³-hybridized carbons (Fsp3) is 0.706. The molecule has 0 aliphatic carbocycles. The van der Waals surface area contributed by atoms with Crippen molar-refractivity contribution < 1.29 is 33.4 Å². The van der Waals surface area contributed by atoms with Crippen molar-refractivity contribution in [2.75, 3.05) is 49.5 Å². The van der Waals surface area contributed by atoms with Crippen LogP contribution in [0.15, 0.2) is 0 Å². The van der Waals surface area contributed by atoms with Crippen LogP contribution in [0.2, 0.25) is 0 Å². The zero-order chi connectivity index (χ0) is 24.1. The summed E-state index contributed by atoms with van der Waals surface area (Å²) in [5, 5.41) is 9.51. The average molecular weight is 413 g/mol. The number of ether oxygens (including phenoxy) is 2. The summed E-state index contributed by atoms with van der Waals surface area (Å²) >= 11 is 0. The lowest BCUT2D eigenvalue weighted by molar-refractivity contribution is -0.138. The molecule has 0 bridgehead atoms. The zero-order valence-corrected chi connectivity index (χ0v) is 19.4. The molecule has 170 valence electrons. The quantitative estimate of drug-likeness (QED) is 0.411. The van der Waals surface area contributed by atoms with Crippen molar-refractivity contribution in [1.29, 1.82) is 0 Å². The van der Waals surface area contributed by atoms with Crippen LogP contribution in [-0.4, -0.2) is 79.1 Å². The number of ketones is 1. The standard InChI is InChI=1S/C3H8N2O.2C3H7NO.C3H6O2.C3H6O.C2H6O/c1-4-3(6)5-2;2*1-3(5)4-2;1-3(4)5-2;1-3(2)4;1-3-2/h1-2H3,(H2,4,5,6);2*1-2H3,(H,4,5);1-2H3;1-2H3;1-2H3. The van der Waals surface area contributed by atoms with Gasteiger partial charge in [-0.15, -0.1) is 0 Å². The Kier molecular flexibility index (Phi) is 56.4. The van der Waals surface area contributed by atoms with E-state index in [2.05, 4.69) is 30.7 Å². The summed E-state index contributed by atoms with van der Waals surface area (Å²) in [4.78, 5) is 48.4. The van der Waals surface area contributed by atoms with E-state index in [0.717, 1.165) is 0 Å². The van der Waals surface area contributed by atoms with E-state index in [1.807, 2.05) is 0 Å². The first-order valence-corrected chi connectivity index (χ1v) is 7.95. The molecule has 0 heterocycles. The lowest BCUT2D eigenvalue weighted by atomic mass is 10.6. The lowest BCUT2D eigenvalue weighted by Crippen LogP contribution is -2.28. The van der Waals surface area contributed by atoms with E-state index in [1.165, 1.54) is 41.7 Å². The number of carbonyl (C=O) groups is 5. The van der Waals surface area contributed by atoms with Gasteiger partial charge in [0.25, 0.3) is 0 Å². The summed E-state index contributed by atoms with van der Waals surface area (Å²) in [5.74, 6) is -0.0694. The zero-order valence-electron chi connectivity index (χ0n) is 19.4. The molecule has 28 heavy (non-hydrogen) atoms. The second-order valence-electron chi connectivity index (χ2n) is 4.45. The number of hydrogen-bond donors (Lipinski definition) is 4. The number of esters is 1. The van der Waals surface area contributed by atoms with Crippen LogP contribution in [-0.2, 0) is 28.7 Å². The van der Waals surface area contributed by atoms with Gasteiger partial charge in [0.15, 0.2) is 0 Å². The van der Waals surface area contributed by atoms with Crippen LogP contribution >= 0.6 is 0 Å². The molecule has 11 nitrogen and oxygen atoms in total. The number of nitrogens with one attached hydrogen (secondary N) is 4. The van der Waals surface area contributed by atoms with Crippen LogP contribution in [0.3, 0.4) is 0 Å². The van der Waals surface area contributed by atoms with Gasteiger partial charge in [-0.05, 0) is 13.8 Å². The Morgan fingerprint density at radius 3 is 0.714 bits per heavy atom. The summed E-state index contributed by atoms with van der Waals surface area (Å²) in [7, 11) is 10.9.